The molecule has 0 aliphatic rings. The van der Waals surface area contributed by atoms with E-state index in [2.05, 4.69) is 19.9 Å². The van der Waals surface area contributed by atoms with Crippen molar-refractivity contribution in [3.8, 4) is 0 Å². The van der Waals surface area contributed by atoms with Crippen LogP contribution in [0.15, 0.2) is 67.0 Å². The molecule has 0 aliphatic carbocycles. The zero-order chi connectivity index (χ0) is 19.5. The number of hydrogen-bond acceptors (Lipinski definition) is 3. The van der Waals surface area contributed by atoms with Crippen LogP contribution in [-0.4, -0.2) is 34.8 Å². The van der Waals surface area contributed by atoms with E-state index in [1.807, 2.05) is 48.4 Å². The summed E-state index contributed by atoms with van der Waals surface area (Å²) in [6.45, 7) is 14.0. The molecule has 0 aromatic heterocycles. The van der Waals surface area contributed by atoms with Crippen LogP contribution in [0.3, 0.4) is 0 Å². The Morgan fingerprint density at radius 3 is 2.38 bits per heavy atom. The molecule has 26 heavy (non-hydrogen) atoms. The van der Waals surface area contributed by atoms with Gasteiger partial charge in [-0.05, 0) is 31.1 Å². The molecule has 1 N–H and O–H groups in total. The van der Waals surface area contributed by atoms with Crippen LogP contribution in [0.2, 0.25) is 0 Å². The normalized spacial score (nSPS) is 10.9. The van der Waals surface area contributed by atoms with Crippen molar-refractivity contribution in [1.29, 1.82) is 0 Å². The van der Waals surface area contributed by atoms with E-state index >= 15 is 0 Å². The summed E-state index contributed by atoms with van der Waals surface area (Å²) in [7, 11) is 0. The van der Waals surface area contributed by atoms with E-state index in [4.69, 9.17) is 5.11 Å². The molecule has 1 aromatic carbocycles. The van der Waals surface area contributed by atoms with Crippen LogP contribution in [-0.2, 0) is 9.59 Å². The fraction of sp³-hybridized carbons (Fsp3) is 0.286. The summed E-state index contributed by atoms with van der Waals surface area (Å²) < 4.78 is 1.38. The van der Waals surface area contributed by atoms with Crippen molar-refractivity contribution in [3.05, 3.63) is 67.0 Å². The number of benzene rings is 1. The number of nitrogens with zero attached hydrogens (tertiary/aromatic N) is 2. The Hall–Kier alpha value is -2.95. The van der Waals surface area contributed by atoms with Crippen LogP contribution >= 0.6 is 0 Å². The minimum atomic E-state index is -0.897. The first-order valence-corrected chi connectivity index (χ1v) is 8.50. The van der Waals surface area contributed by atoms with Gasteiger partial charge in [-0.3, -0.25) is 4.79 Å². The topological polar surface area (TPSA) is 60.6 Å². The number of carboxylic acid groups (broad SMARTS) is 1. The van der Waals surface area contributed by atoms with Crippen molar-refractivity contribution >= 4 is 24.3 Å². The quantitative estimate of drug-likeness (QED) is 0.370. The molecule has 0 bridgehead atoms. The van der Waals surface area contributed by atoms with Crippen LogP contribution in [0.5, 0.6) is 0 Å². The molecule has 138 valence electrons. The standard InChI is InChI=1S/C21H26N2O3/c1-5-18(14-15-22(4)20(24)12-9-13-21(25)26)16-23(17(2)3)19-10-7-6-8-11-19/h5-8,10-11,16H,1-2,4,9,12-15H2,3H3/p+1. The highest BCUT2D eigenvalue weighted by atomic mass is 16.4. The highest BCUT2D eigenvalue weighted by molar-refractivity contribution is 5.71. The number of carbonyl (C=O) groups is 2. The van der Waals surface area contributed by atoms with Gasteiger partial charge >= 0.3 is 11.9 Å². The molecule has 0 spiro atoms. The molecule has 0 heterocycles. The number of carbonyl (C=O) groups excluding carboxylic acids is 1. The molecule has 0 radical (unpaired) electrons. The minimum Gasteiger partial charge on any atom is -0.481 e. The van der Waals surface area contributed by atoms with E-state index in [1.165, 1.54) is 4.58 Å². The zero-order valence-corrected chi connectivity index (χ0v) is 15.4. The summed E-state index contributed by atoms with van der Waals surface area (Å²) in [5, 5.41) is 8.62. The molecule has 1 rings (SSSR count). The molecule has 5 heteroatoms. The highest BCUT2D eigenvalue weighted by Crippen LogP contribution is 2.20. The first-order valence-electron chi connectivity index (χ1n) is 8.50. The molecule has 0 saturated heterocycles. The molecule has 0 unspecified atom stereocenters. The van der Waals surface area contributed by atoms with Gasteiger partial charge < -0.3 is 10.0 Å². The number of hydrogen-bond donors (Lipinski definition) is 1. The van der Waals surface area contributed by atoms with Crippen LogP contribution in [0.4, 0.5) is 5.69 Å². The zero-order valence-electron chi connectivity index (χ0n) is 15.4. The molecular formula is C21H27N2O3+. The summed E-state index contributed by atoms with van der Waals surface area (Å²) in [5.41, 5.74) is 2.81. The van der Waals surface area contributed by atoms with Crippen molar-refractivity contribution in [1.82, 2.24) is 0 Å². The molecule has 5 nitrogen and oxygen atoms in total. The Bertz CT molecular complexity index is 705. The second-order valence-corrected chi connectivity index (χ2v) is 6.00. The van der Waals surface area contributed by atoms with Crippen molar-refractivity contribution in [2.75, 3.05) is 11.4 Å². The van der Waals surface area contributed by atoms with Crippen LogP contribution in [0.1, 0.15) is 32.6 Å². The van der Waals surface area contributed by atoms with Gasteiger partial charge in [-0.25, -0.2) is 4.79 Å². The van der Waals surface area contributed by atoms with Gasteiger partial charge in [-0.2, -0.15) is 4.58 Å². The Labute approximate surface area is 155 Å². The van der Waals surface area contributed by atoms with Gasteiger partial charge in [0, 0.05) is 30.4 Å². The maximum atomic E-state index is 12.0. The van der Waals surface area contributed by atoms with E-state index in [0.29, 0.717) is 19.4 Å². The second kappa shape index (κ2) is 10.8. The Balaban J connectivity index is 2.70. The fourth-order valence-corrected chi connectivity index (χ4v) is 2.32. The molecule has 0 saturated carbocycles. The van der Waals surface area contributed by atoms with E-state index in [-0.39, 0.29) is 18.7 Å². The summed E-state index contributed by atoms with van der Waals surface area (Å²) in [6, 6.07) is 9.85. The lowest BCUT2D eigenvalue weighted by Crippen LogP contribution is -2.21. The number of anilines is 1. The average molecular weight is 355 g/mol. The maximum absolute atomic E-state index is 12.0. The van der Waals surface area contributed by atoms with Gasteiger partial charge in [0.2, 0.25) is 0 Å². The van der Waals surface area contributed by atoms with Crippen molar-refractivity contribution in [2.24, 2.45) is 0 Å². The van der Waals surface area contributed by atoms with E-state index in [1.54, 1.807) is 6.08 Å². The predicted molar refractivity (Wildman–Crippen MR) is 105 cm³/mol. The minimum absolute atomic E-state index is 0.0119. The Morgan fingerprint density at radius 2 is 1.85 bits per heavy atom. The number of para-hydroxylation sites is 1. The van der Waals surface area contributed by atoms with Gasteiger partial charge in [0.15, 0.2) is 6.54 Å². The smallest absolute Gasteiger partial charge is 0.386 e. The number of allylic oxidation sites excluding steroid dienone is 2. The summed E-state index contributed by atoms with van der Waals surface area (Å²) >= 11 is 0. The first-order chi connectivity index (χ1) is 12.3. The fourth-order valence-electron chi connectivity index (χ4n) is 2.32. The van der Waals surface area contributed by atoms with Crippen LogP contribution in [0, 0.1) is 0 Å². The van der Waals surface area contributed by atoms with Crippen LogP contribution < -0.4 is 4.90 Å². The highest BCUT2D eigenvalue weighted by Gasteiger charge is 2.15. The summed E-state index contributed by atoms with van der Waals surface area (Å²) in [5.74, 6) is -1.06. The van der Waals surface area contributed by atoms with Gasteiger partial charge in [0.1, 0.15) is 6.72 Å². The third-order valence-electron chi connectivity index (χ3n) is 3.81. The number of aliphatic carboxylic acids is 1. The number of carboxylic acids is 1. The average Bonchev–Trinajstić information content (AvgIpc) is 2.61. The van der Waals surface area contributed by atoms with Crippen molar-refractivity contribution < 1.29 is 19.3 Å². The van der Waals surface area contributed by atoms with E-state index in [0.717, 1.165) is 17.0 Å². The molecular weight excluding hydrogens is 328 g/mol. The molecule has 0 aliphatic heterocycles. The first kappa shape index (κ1) is 21.1. The van der Waals surface area contributed by atoms with Crippen LogP contribution in [0.25, 0.3) is 0 Å². The van der Waals surface area contributed by atoms with Crippen molar-refractivity contribution in [2.45, 2.75) is 32.6 Å². The predicted octanol–water partition coefficient (Wildman–Crippen LogP) is 3.98. The third-order valence-corrected chi connectivity index (χ3v) is 3.81. The monoisotopic (exact) mass is 355 g/mol. The third kappa shape index (κ3) is 7.30. The number of amides is 1. The van der Waals surface area contributed by atoms with E-state index < -0.39 is 5.97 Å². The van der Waals surface area contributed by atoms with Gasteiger partial charge in [0.25, 0.3) is 0 Å². The van der Waals surface area contributed by atoms with E-state index in [9.17, 15) is 9.59 Å². The molecule has 0 atom stereocenters. The summed E-state index contributed by atoms with van der Waals surface area (Å²) in [4.78, 5) is 24.5. The lowest BCUT2D eigenvalue weighted by molar-refractivity contribution is -0.440. The largest absolute Gasteiger partial charge is 0.481 e. The lowest BCUT2D eigenvalue weighted by atomic mass is 10.1. The molecule has 1 aromatic rings. The Morgan fingerprint density at radius 1 is 1.19 bits per heavy atom. The Kier molecular flexibility index (Phi) is 8.78. The second-order valence-electron chi connectivity index (χ2n) is 6.00. The molecule has 0 fully saturated rings. The van der Waals surface area contributed by atoms with Gasteiger partial charge in [0.05, 0.1) is 6.42 Å². The van der Waals surface area contributed by atoms with Gasteiger partial charge in [-0.15, -0.1) is 0 Å². The van der Waals surface area contributed by atoms with Crippen molar-refractivity contribution in [3.63, 3.8) is 0 Å². The maximum Gasteiger partial charge on any atom is 0.386 e. The molecule has 1 amide bonds. The SMILES string of the molecule is C=CC(=CN(C(=C)C)c1ccccc1)CC[N+](=C)C(=O)CCCC(=O)O. The summed E-state index contributed by atoms with van der Waals surface area (Å²) in [6.07, 6.45) is 4.79. The van der Waals surface area contributed by atoms with Gasteiger partial charge in [-0.1, -0.05) is 37.4 Å². The number of rotatable bonds is 11. The lowest BCUT2D eigenvalue weighted by Gasteiger charge is -2.21.